The van der Waals surface area contributed by atoms with Gasteiger partial charge in [-0.1, -0.05) is 24.6 Å². The third kappa shape index (κ3) is 4.21. The van der Waals surface area contributed by atoms with Crippen LogP contribution < -0.4 is 5.73 Å². The molecule has 2 N–H and O–H groups in total. The van der Waals surface area contributed by atoms with Crippen LogP contribution in [0.2, 0.25) is 5.02 Å². The lowest BCUT2D eigenvalue weighted by Crippen LogP contribution is -2.15. The fourth-order valence-electron chi connectivity index (χ4n) is 1.44. The Labute approximate surface area is 114 Å². The number of hydrogen-bond donors (Lipinski definition) is 1. The average Bonchev–Trinajstić information content (AvgIpc) is 2.31. The second kappa shape index (κ2) is 7.31. The minimum absolute atomic E-state index is 0.0763. The highest BCUT2D eigenvalue weighted by Crippen LogP contribution is 2.30. The molecule has 0 aliphatic rings. The molecule has 1 aromatic carbocycles. The van der Waals surface area contributed by atoms with Crippen molar-refractivity contribution in [3.8, 4) is 0 Å². The summed E-state index contributed by atoms with van der Waals surface area (Å²) in [7, 11) is 0. The van der Waals surface area contributed by atoms with Crippen molar-refractivity contribution in [2.45, 2.75) is 25.8 Å². The van der Waals surface area contributed by atoms with E-state index in [0.29, 0.717) is 29.7 Å². The molecule has 1 atom stereocenters. The van der Waals surface area contributed by atoms with Gasteiger partial charge < -0.3 is 10.5 Å². The number of nitrogens with two attached hydrogens (primary N) is 1. The van der Waals surface area contributed by atoms with Crippen LogP contribution in [0.5, 0.6) is 0 Å². The molecule has 0 saturated carbocycles. The molecule has 1 unspecified atom stereocenters. The summed E-state index contributed by atoms with van der Waals surface area (Å²) in [6, 6.07) is 2.96. The van der Waals surface area contributed by atoms with Crippen molar-refractivity contribution in [2.24, 2.45) is 5.73 Å². The molecule has 1 rings (SSSR count). The Morgan fingerprint density at radius 1 is 1.47 bits per heavy atom. The molecule has 0 aliphatic heterocycles. The van der Waals surface area contributed by atoms with Crippen molar-refractivity contribution < 1.29 is 9.13 Å². The number of rotatable bonds is 6. The van der Waals surface area contributed by atoms with Gasteiger partial charge in [0.2, 0.25) is 0 Å². The van der Waals surface area contributed by atoms with E-state index in [1.54, 1.807) is 12.1 Å². The van der Waals surface area contributed by atoms with Crippen LogP contribution in [0.25, 0.3) is 0 Å². The van der Waals surface area contributed by atoms with E-state index in [0.717, 1.165) is 6.42 Å². The monoisotopic (exact) mass is 323 g/mol. The summed E-state index contributed by atoms with van der Waals surface area (Å²) in [4.78, 5) is 0. The molecule has 17 heavy (non-hydrogen) atoms. The second-order valence-corrected chi connectivity index (χ2v) is 5.00. The topological polar surface area (TPSA) is 35.2 Å². The van der Waals surface area contributed by atoms with E-state index in [1.807, 2.05) is 6.92 Å². The van der Waals surface area contributed by atoms with Crippen molar-refractivity contribution in [1.82, 2.24) is 0 Å². The van der Waals surface area contributed by atoms with Crippen LogP contribution in [-0.2, 0) is 4.74 Å². The lowest BCUT2D eigenvalue weighted by Gasteiger charge is -2.14. The first-order valence-corrected chi connectivity index (χ1v) is 6.71. The van der Waals surface area contributed by atoms with Crippen LogP contribution in [0.3, 0.4) is 0 Å². The summed E-state index contributed by atoms with van der Waals surface area (Å²) in [6.07, 6.45) is 1.54. The molecule has 0 heterocycles. The summed E-state index contributed by atoms with van der Waals surface area (Å²) in [5.41, 5.74) is 6.33. The second-order valence-electron chi connectivity index (χ2n) is 3.77. The maximum absolute atomic E-state index is 13.8. The van der Waals surface area contributed by atoms with Crippen LogP contribution in [-0.4, -0.2) is 13.2 Å². The van der Waals surface area contributed by atoms with Gasteiger partial charge in [0.05, 0.1) is 5.02 Å². The van der Waals surface area contributed by atoms with Crippen LogP contribution >= 0.6 is 27.5 Å². The molecule has 0 radical (unpaired) electrons. The van der Waals surface area contributed by atoms with E-state index in [9.17, 15) is 4.39 Å². The molecule has 96 valence electrons. The quantitative estimate of drug-likeness (QED) is 0.632. The Morgan fingerprint density at radius 2 is 2.18 bits per heavy atom. The van der Waals surface area contributed by atoms with Gasteiger partial charge >= 0.3 is 0 Å². The van der Waals surface area contributed by atoms with E-state index >= 15 is 0 Å². The molecule has 0 amide bonds. The van der Waals surface area contributed by atoms with Crippen LogP contribution in [0, 0.1) is 5.82 Å². The van der Waals surface area contributed by atoms with Crippen molar-refractivity contribution in [3.63, 3.8) is 0 Å². The maximum atomic E-state index is 13.8. The summed E-state index contributed by atoms with van der Waals surface area (Å²) in [6.45, 7) is 3.27. The predicted molar refractivity (Wildman–Crippen MR) is 71.8 cm³/mol. The minimum Gasteiger partial charge on any atom is -0.381 e. The first-order chi connectivity index (χ1) is 8.07. The Bertz CT molecular complexity index is 376. The smallest absolute Gasteiger partial charge is 0.147 e. The molecule has 0 spiro atoms. The number of halogens is 3. The molecule has 0 bridgehead atoms. The van der Waals surface area contributed by atoms with Gasteiger partial charge in [-0.2, -0.15) is 0 Å². The first-order valence-electron chi connectivity index (χ1n) is 5.54. The van der Waals surface area contributed by atoms with E-state index in [2.05, 4.69) is 15.9 Å². The zero-order valence-corrected chi connectivity index (χ0v) is 12.0. The standard InChI is InChI=1S/C12H16BrClFNO/c1-2-6-17-7-5-10(16)8-3-4-9(13)11(14)12(8)15/h3-4,10H,2,5-7,16H2,1H3. The van der Waals surface area contributed by atoms with Crippen molar-refractivity contribution >= 4 is 27.5 Å². The molecule has 0 fully saturated rings. The van der Waals surface area contributed by atoms with Gasteiger partial charge in [0, 0.05) is 29.3 Å². The highest BCUT2D eigenvalue weighted by atomic mass is 79.9. The third-order valence-corrected chi connectivity index (χ3v) is 3.64. The van der Waals surface area contributed by atoms with Gasteiger partial charge in [-0.05, 0) is 34.8 Å². The molecule has 0 aliphatic carbocycles. The number of benzene rings is 1. The Kier molecular flexibility index (Phi) is 6.41. The highest BCUT2D eigenvalue weighted by Gasteiger charge is 2.15. The van der Waals surface area contributed by atoms with E-state index in [1.165, 1.54) is 0 Å². The lowest BCUT2D eigenvalue weighted by atomic mass is 10.0. The Balaban J connectivity index is 2.63. The van der Waals surface area contributed by atoms with Gasteiger partial charge in [0.25, 0.3) is 0 Å². The van der Waals surface area contributed by atoms with Crippen molar-refractivity contribution in [2.75, 3.05) is 13.2 Å². The molecular weight excluding hydrogens is 308 g/mol. The highest BCUT2D eigenvalue weighted by molar-refractivity contribution is 9.10. The van der Waals surface area contributed by atoms with Gasteiger partial charge in [0.15, 0.2) is 0 Å². The van der Waals surface area contributed by atoms with Crippen molar-refractivity contribution in [1.29, 1.82) is 0 Å². The predicted octanol–water partition coefficient (Wildman–Crippen LogP) is 4.06. The summed E-state index contributed by atoms with van der Waals surface area (Å²) >= 11 is 8.97. The summed E-state index contributed by atoms with van der Waals surface area (Å²) in [5.74, 6) is -0.455. The van der Waals surface area contributed by atoms with Crippen LogP contribution in [0.15, 0.2) is 16.6 Å². The molecular formula is C12H16BrClFNO. The van der Waals surface area contributed by atoms with Crippen LogP contribution in [0.1, 0.15) is 31.4 Å². The van der Waals surface area contributed by atoms with Gasteiger partial charge in [-0.25, -0.2) is 4.39 Å². The Morgan fingerprint density at radius 3 is 2.82 bits per heavy atom. The number of hydrogen-bond acceptors (Lipinski definition) is 2. The SMILES string of the molecule is CCCOCCC(N)c1ccc(Br)c(Cl)c1F. The normalized spacial score (nSPS) is 12.8. The average molecular weight is 325 g/mol. The third-order valence-electron chi connectivity index (χ3n) is 2.39. The fourth-order valence-corrected chi connectivity index (χ4v) is 1.92. The zero-order valence-electron chi connectivity index (χ0n) is 9.68. The first kappa shape index (κ1) is 14.9. The van der Waals surface area contributed by atoms with E-state index < -0.39 is 11.9 Å². The number of ether oxygens (including phenoxy) is 1. The van der Waals surface area contributed by atoms with Gasteiger partial charge in [0.1, 0.15) is 5.82 Å². The summed E-state index contributed by atoms with van der Waals surface area (Å²) in [5, 5.41) is 0.0763. The van der Waals surface area contributed by atoms with Gasteiger partial charge in [-0.15, -0.1) is 0 Å². The molecule has 0 aromatic heterocycles. The van der Waals surface area contributed by atoms with E-state index in [-0.39, 0.29) is 5.02 Å². The molecule has 1 aromatic rings. The van der Waals surface area contributed by atoms with Gasteiger partial charge in [-0.3, -0.25) is 0 Å². The minimum atomic E-state index is -0.455. The molecule has 0 saturated heterocycles. The molecule has 5 heteroatoms. The Hall–Kier alpha value is -0.160. The lowest BCUT2D eigenvalue weighted by molar-refractivity contribution is 0.127. The van der Waals surface area contributed by atoms with E-state index in [4.69, 9.17) is 22.1 Å². The summed E-state index contributed by atoms with van der Waals surface area (Å²) < 4.78 is 19.7. The zero-order chi connectivity index (χ0) is 12.8. The largest absolute Gasteiger partial charge is 0.381 e. The molecule has 2 nitrogen and oxygen atoms in total. The fraction of sp³-hybridized carbons (Fsp3) is 0.500. The van der Waals surface area contributed by atoms with Crippen molar-refractivity contribution in [3.05, 3.63) is 33.0 Å². The maximum Gasteiger partial charge on any atom is 0.147 e. The van der Waals surface area contributed by atoms with Crippen LogP contribution in [0.4, 0.5) is 4.39 Å².